The van der Waals surface area contributed by atoms with Crippen molar-refractivity contribution in [3.63, 3.8) is 0 Å². The van der Waals surface area contributed by atoms with Crippen LogP contribution in [0.5, 0.6) is 0 Å². The fourth-order valence-corrected chi connectivity index (χ4v) is 7.48. The van der Waals surface area contributed by atoms with Crippen molar-refractivity contribution < 1.29 is 19.4 Å². The molecule has 3 aromatic rings. The lowest BCUT2D eigenvalue weighted by Crippen LogP contribution is -2.48. The number of hydrogen-bond donors (Lipinski definition) is 1. The second-order valence-electron chi connectivity index (χ2n) is 12.2. The van der Waals surface area contributed by atoms with Crippen LogP contribution in [0.15, 0.2) is 29.1 Å². The van der Waals surface area contributed by atoms with Gasteiger partial charge in [-0.15, -0.1) is 0 Å². The predicted molar refractivity (Wildman–Crippen MR) is 158 cm³/mol. The molecule has 220 valence electrons. The molecule has 0 saturated carbocycles. The van der Waals surface area contributed by atoms with E-state index in [4.69, 9.17) is 9.72 Å². The van der Waals surface area contributed by atoms with E-state index in [0.717, 1.165) is 54.4 Å². The van der Waals surface area contributed by atoms with Gasteiger partial charge in [0.05, 0.1) is 29.0 Å². The maximum Gasteiger partial charge on any atom is 0.343 e. The molecule has 0 aliphatic carbocycles. The van der Waals surface area contributed by atoms with E-state index in [9.17, 15) is 19.5 Å². The lowest BCUT2D eigenvalue weighted by Gasteiger charge is -2.40. The summed E-state index contributed by atoms with van der Waals surface area (Å²) in [6, 6.07) is 8.25. The number of rotatable bonds is 4. The molecule has 9 nitrogen and oxygen atoms in total. The molecule has 1 atom stereocenters. The Labute approximate surface area is 245 Å². The van der Waals surface area contributed by atoms with Gasteiger partial charge in [0.1, 0.15) is 6.61 Å². The van der Waals surface area contributed by atoms with Crippen LogP contribution >= 0.6 is 0 Å². The molecule has 1 amide bonds. The second-order valence-corrected chi connectivity index (χ2v) is 12.2. The number of ether oxygens (including phenoxy) is 1. The van der Waals surface area contributed by atoms with E-state index in [2.05, 4.69) is 11.8 Å². The van der Waals surface area contributed by atoms with E-state index in [-0.39, 0.29) is 24.5 Å². The highest BCUT2D eigenvalue weighted by Gasteiger charge is 2.45. The van der Waals surface area contributed by atoms with E-state index < -0.39 is 11.6 Å². The van der Waals surface area contributed by atoms with Gasteiger partial charge in [-0.05, 0) is 75.4 Å². The Morgan fingerprint density at radius 1 is 1.07 bits per heavy atom. The molecule has 0 spiro atoms. The van der Waals surface area contributed by atoms with Crippen LogP contribution in [0.4, 0.5) is 0 Å². The molecule has 0 radical (unpaired) electrons. The Bertz CT molecular complexity index is 1670. The fraction of sp³-hybridized carbons (Fsp3) is 0.515. The molecule has 2 saturated heterocycles. The molecule has 4 aliphatic rings. The summed E-state index contributed by atoms with van der Waals surface area (Å²) >= 11 is 0. The first kappa shape index (κ1) is 27.3. The zero-order chi connectivity index (χ0) is 29.2. The molecule has 0 unspecified atom stereocenters. The second kappa shape index (κ2) is 10.3. The van der Waals surface area contributed by atoms with Gasteiger partial charge >= 0.3 is 5.97 Å². The molecule has 2 fully saturated rings. The molecule has 4 aliphatic heterocycles. The first-order chi connectivity index (χ1) is 20.3. The van der Waals surface area contributed by atoms with Crippen LogP contribution in [-0.4, -0.2) is 68.6 Å². The van der Waals surface area contributed by atoms with E-state index in [1.54, 1.807) is 17.6 Å². The van der Waals surface area contributed by atoms with E-state index in [1.165, 1.54) is 32.4 Å². The van der Waals surface area contributed by atoms with Gasteiger partial charge in [0.15, 0.2) is 5.60 Å². The average Bonchev–Trinajstić information content (AvgIpc) is 3.39. The quantitative estimate of drug-likeness (QED) is 0.373. The van der Waals surface area contributed by atoms with Gasteiger partial charge in [-0.2, -0.15) is 0 Å². The molecule has 9 heteroatoms. The number of amides is 1. The zero-order valence-electron chi connectivity index (χ0n) is 24.4. The van der Waals surface area contributed by atoms with Gasteiger partial charge in [-0.25, -0.2) is 9.78 Å². The third kappa shape index (κ3) is 4.12. The van der Waals surface area contributed by atoms with Gasteiger partial charge < -0.3 is 24.2 Å². The summed E-state index contributed by atoms with van der Waals surface area (Å²) in [5, 5.41) is 12.0. The Morgan fingerprint density at radius 2 is 1.83 bits per heavy atom. The summed E-state index contributed by atoms with van der Waals surface area (Å²) in [4.78, 5) is 49.7. The number of nitrogens with zero attached hydrogens (tertiary/aromatic N) is 4. The molecule has 2 aromatic heterocycles. The highest BCUT2D eigenvalue weighted by atomic mass is 16.6. The van der Waals surface area contributed by atoms with Crippen molar-refractivity contribution in [1.82, 2.24) is 19.4 Å². The van der Waals surface area contributed by atoms with Gasteiger partial charge in [0, 0.05) is 41.2 Å². The first-order valence-corrected chi connectivity index (χ1v) is 15.5. The minimum absolute atomic E-state index is 0.0355. The van der Waals surface area contributed by atoms with Gasteiger partial charge in [0.2, 0.25) is 0 Å². The number of piperidine rings is 2. The van der Waals surface area contributed by atoms with Crippen molar-refractivity contribution in [3.8, 4) is 11.4 Å². The largest absolute Gasteiger partial charge is 0.458 e. The number of cyclic esters (lactones) is 1. The minimum Gasteiger partial charge on any atom is -0.458 e. The summed E-state index contributed by atoms with van der Waals surface area (Å²) in [7, 11) is 0. The molecule has 7 rings (SSSR count). The van der Waals surface area contributed by atoms with Crippen LogP contribution in [0.25, 0.3) is 22.3 Å². The Kier molecular flexibility index (Phi) is 6.70. The average molecular weight is 571 g/mol. The highest BCUT2D eigenvalue weighted by molar-refractivity contribution is 6.07. The van der Waals surface area contributed by atoms with E-state index in [0.29, 0.717) is 40.7 Å². The molecule has 0 bridgehead atoms. The monoisotopic (exact) mass is 570 g/mol. The number of carbonyl (C=O) groups is 2. The molecule has 42 heavy (non-hydrogen) atoms. The van der Waals surface area contributed by atoms with Gasteiger partial charge in [-0.3, -0.25) is 9.59 Å². The molecule has 1 aromatic carbocycles. The van der Waals surface area contributed by atoms with Crippen LogP contribution in [0.2, 0.25) is 0 Å². The number of fused-ring (bicyclic) bond motifs is 5. The van der Waals surface area contributed by atoms with Crippen molar-refractivity contribution in [2.75, 3.05) is 26.2 Å². The molecular formula is C33H38N4O5. The fourth-order valence-electron chi connectivity index (χ4n) is 7.48. The van der Waals surface area contributed by atoms with Crippen molar-refractivity contribution >= 4 is 22.8 Å². The Morgan fingerprint density at radius 3 is 2.55 bits per heavy atom. The minimum atomic E-state index is -1.86. The number of aromatic nitrogens is 2. The summed E-state index contributed by atoms with van der Waals surface area (Å²) in [5.41, 5.74) is 2.98. The van der Waals surface area contributed by atoms with Crippen molar-refractivity contribution in [2.24, 2.45) is 0 Å². The van der Waals surface area contributed by atoms with E-state index in [1.807, 2.05) is 23.1 Å². The number of likely N-dealkylation sites (tertiary alicyclic amines) is 2. The summed E-state index contributed by atoms with van der Waals surface area (Å²) in [5.74, 6) is -0.698. The topological polar surface area (TPSA) is 105 Å². The number of esters is 1. The van der Waals surface area contributed by atoms with Crippen LogP contribution in [-0.2, 0) is 34.7 Å². The number of carbonyl (C=O) groups excluding carboxylic acids is 2. The number of aliphatic hydroxyl groups is 1. The van der Waals surface area contributed by atoms with Crippen molar-refractivity contribution in [1.29, 1.82) is 0 Å². The van der Waals surface area contributed by atoms with Crippen LogP contribution in [0.3, 0.4) is 0 Å². The highest BCUT2D eigenvalue weighted by Crippen LogP contribution is 2.39. The maximum atomic E-state index is 13.9. The van der Waals surface area contributed by atoms with Crippen LogP contribution in [0, 0.1) is 0 Å². The van der Waals surface area contributed by atoms with Gasteiger partial charge in [-0.1, -0.05) is 26.3 Å². The third-order valence-corrected chi connectivity index (χ3v) is 10.0. The predicted octanol–water partition coefficient (Wildman–Crippen LogP) is 3.73. The summed E-state index contributed by atoms with van der Waals surface area (Å²) in [6.07, 6.45) is 6.72. The normalized spacial score (nSPS) is 22.5. The zero-order valence-corrected chi connectivity index (χ0v) is 24.4. The standard InChI is InChI=1S/C33H38N4O5/c1-3-20-8-9-23(30(38)36-14-10-22(11-15-36)35-12-6-5-7-13-35)24-16-21-18-37-27(29(21)34-28(20)24)17-26-25(31(37)39)19-42-32(40)33(26,41)4-2/h8-9,16-17,22,41H,3-7,10-15,18-19H2,1-2H3/t33-/m0/s1. The maximum absolute atomic E-state index is 13.9. The lowest BCUT2D eigenvalue weighted by molar-refractivity contribution is -0.172. The van der Waals surface area contributed by atoms with Crippen LogP contribution in [0.1, 0.15) is 85.0 Å². The Hall–Kier alpha value is -3.56. The summed E-state index contributed by atoms with van der Waals surface area (Å²) < 4.78 is 6.84. The SMILES string of the molecule is CCc1ccc(C(=O)N2CCC(N3CCCCC3)CC2)c2cc3c(nc12)-c1cc2c(c(=O)n1C3)COC(=O)[C@]2(O)CC. The molecular weight excluding hydrogens is 532 g/mol. The van der Waals surface area contributed by atoms with Gasteiger partial charge in [0.25, 0.3) is 11.5 Å². The van der Waals surface area contributed by atoms with E-state index >= 15 is 0 Å². The number of hydrogen-bond acceptors (Lipinski definition) is 7. The van der Waals surface area contributed by atoms with Crippen LogP contribution < -0.4 is 5.56 Å². The molecule has 6 heterocycles. The lowest BCUT2D eigenvalue weighted by atomic mass is 9.86. The summed E-state index contributed by atoms with van der Waals surface area (Å²) in [6.45, 7) is 7.77. The Balaban J connectivity index is 1.26. The first-order valence-electron chi connectivity index (χ1n) is 15.5. The number of benzene rings is 1. The molecule has 1 N–H and O–H groups in total. The smallest absolute Gasteiger partial charge is 0.343 e. The van der Waals surface area contributed by atoms with Crippen molar-refractivity contribution in [2.45, 2.75) is 83.6 Å². The third-order valence-electron chi connectivity index (χ3n) is 10.0. The number of aryl methyl sites for hydroxylation is 1. The van der Waals surface area contributed by atoms with Crippen molar-refractivity contribution in [3.05, 3.63) is 62.4 Å². The number of pyridine rings is 2.